The first-order valence-electron chi connectivity index (χ1n) is 7.80. The number of hydrogen-bond donors (Lipinski definition) is 1. The molecule has 4 nitrogen and oxygen atoms in total. The third-order valence-corrected chi connectivity index (χ3v) is 3.80. The number of anilines is 1. The number of likely N-dealkylation sites (N-methyl/N-ethyl adjacent to an activating group) is 1. The van der Waals surface area contributed by atoms with Crippen LogP contribution in [0.5, 0.6) is 5.75 Å². The number of carbonyl (C=O) groups is 1. The van der Waals surface area contributed by atoms with E-state index in [1.54, 1.807) is 0 Å². The van der Waals surface area contributed by atoms with Crippen LogP contribution in [0, 0.1) is 13.8 Å². The summed E-state index contributed by atoms with van der Waals surface area (Å²) in [5.41, 5.74) is 3.52. The SMILES string of the molecule is Cc1cccc(N(C)CC(=O)NCCOc2ccccc2)c1C. The van der Waals surface area contributed by atoms with Gasteiger partial charge in [-0.2, -0.15) is 0 Å². The fraction of sp³-hybridized carbons (Fsp3) is 0.316. The van der Waals surface area contributed by atoms with Crippen LogP contribution in [-0.2, 0) is 4.79 Å². The molecule has 0 aliphatic heterocycles. The maximum atomic E-state index is 12.0. The monoisotopic (exact) mass is 312 g/mol. The Morgan fingerprint density at radius 2 is 1.83 bits per heavy atom. The van der Waals surface area contributed by atoms with Gasteiger partial charge in [-0.25, -0.2) is 0 Å². The zero-order valence-corrected chi connectivity index (χ0v) is 14.0. The van der Waals surface area contributed by atoms with Gasteiger partial charge >= 0.3 is 0 Å². The van der Waals surface area contributed by atoms with Crippen molar-refractivity contribution in [2.45, 2.75) is 13.8 Å². The molecule has 1 amide bonds. The number of nitrogens with one attached hydrogen (secondary N) is 1. The second-order valence-electron chi connectivity index (χ2n) is 5.59. The molecular formula is C19H24N2O2. The summed E-state index contributed by atoms with van der Waals surface area (Å²) in [5.74, 6) is 0.805. The molecule has 0 saturated heterocycles. The molecule has 0 radical (unpaired) electrons. The maximum absolute atomic E-state index is 12.0. The number of benzene rings is 2. The van der Waals surface area contributed by atoms with E-state index < -0.39 is 0 Å². The standard InChI is InChI=1S/C19H24N2O2/c1-15-8-7-11-18(16(15)2)21(3)14-19(22)20-12-13-23-17-9-5-4-6-10-17/h4-11H,12-14H2,1-3H3,(H,20,22). The number of nitrogens with zero attached hydrogens (tertiary/aromatic N) is 1. The van der Waals surface area contributed by atoms with Gasteiger partial charge in [-0.15, -0.1) is 0 Å². The van der Waals surface area contributed by atoms with E-state index in [1.807, 2.05) is 54.4 Å². The first-order valence-corrected chi connectivity index (χ1v) is 7.80. The lowest BCUT2D eigenvalue weighted by molar-refractivity contribution is -0.119. The minimum absolute atomic E-state index is 0.00920. The summed E-state index contributed by atoms with van der Waals surface area (Å²) < 4.78 is 5.55. The van der Waals surface area contributed by atoms with Crippen LogP contribution in [0.4, 0.5) is 5.69 Å². The minimum Gasteiger partial charge on any atom is -0.492 e. The third-order valence-electron chi connectivity index (χ3n) is 3.80. The van der Waals surface area contributed by atoms with Gasteiger partial charge in [-0.1, -0.05) is 30.3 Å². The van der Waals surface area contributed by atoms with Gasteiger partial charge in [0.1, 0.15) is 12.4 Å². The summed E-state index contributed by atoms with van der Waals surface area (Å²) in [7, 11) is 1.93. The van der Waals surface area contributed by atoms with Crippen LogP contribution in [0.1, 0.15) is 11.1 Å². The molecule has 0 aromatic heterocycles. The van der Waals surface area contributed by atoms with Crippen molar-refractivity contribution in [2.24, 2.45) is 0 Å². The van der Waals surface area contributed by atoms with E-state index in [0.29, 0.717) is 19.7 Å². The van der Waals surface area contributed by atoms with Gasteiger partial charge in [-0.3, -0.25) is 4.79 Å². The summed E-state index contributed by atoms with van der Waals surface area (Å²) in [5, 5.41) is 2.88. The van der Waals surface area contributed by atoms with Crippen molar-refractivity contribution in [1.82, 2.24) is 5.32 Å². The fourth-order valence-corrected chi connectivity index (χ4v) is 2.38. The Balaban J connectivity index is 1.75. The lowest BCUT2D eigenvalue weighted by atomic mass is 10.1. The zero-order valence-electron chi connectivity index (χ0n) is 14.0. The lowest BCUT2D eigenvalue weighted by Crippen LogP contribution is -2.37. The minimum atomic E-state index is -0.00920. The second-order valence-corrected chi connectivity index (χ2v) is 5.59. The van der Waals surface area contributed by atoms with E-state index in [9.17, 15) is 4.79 Å². The first kappa shape index (κ1) is 16.9. The van der Waals surface area contributed by atoms with Gasteiger partial charge < -0.3 is 15.0 Å². The number of aryl methyl sites for hydroxylation is 1. The smallest absolute Gasteiger partial charge is 0.239 e. The van der Waals surface area contributed by atoms with Crippen molar-refractivity contribution < 1.29 is 9.53 Å². The maximum Gasteiger partial charge on any atom is 0.239 e. The van der Waals surface area contributed by atoms with Crippen molar-refractivity contribution in [3.8, 4) is 5.75 Å². The van der Waals surface area contributed by atoms with Gasteiger partial charge in [0.2, 0.25) is 5.91 Å². The van der Waals surface area contributed by atoms with Crippen molar-refractivity contribution in [2.75, 3.05) is 31.6 Å². The van der Waals surface area contributed by atoms with E-state index in [0.717, 1.165) is 11.4 Å². The van der Waals surface area contributed by atoms with Gasteiger partial charge in [0.25, 0.3) is 0 Å². The predicted molar refractivity (Wildman–Crippen MR) is 94.1 cm³/mol. The summed E-state index contributed by atoms with van der Waals surface area (Å²) in [4.78, 5) is 14.0. The molecule has 0 saturated carbocycles. The van der Waals surface area contributed by atoms with Crippen molar-refractivity contribution in [3.05, 3.63) is 59.7 Å². The van der Waals surface area contributed by atoms with Crippen molar-refractivity contribution in [3.63, 3.8) is 0 Å². The fourth-order valence-electron chi connectivity index (χ4n) is 2.38. The molecule has 0 aliphatic rings. The molecule has 0 fully saturated rings. The summed E-state index contributed by atoms with van der Waals surface area (Å²) >= 11 is 0. The normalized spacial score (nSPS) is 10.2. The molecule has 2 aromatic carbocycles. The number of amides is 1. The highest BCUT2D eigenvalue weighted by atomic mass is 16.5. The van der Waals surface area contributed by atoms with Crippen LogP contribution in [-0.4, -0.2) is 32.7 Å². The molecule has 2 aromatic rings. The van der Waals surface area contributed by atoms with Gasteiger partial charge in [0, 0.05) is 12.7 Å². The molecule has 2 rings (SSSR count). The van der Waals surface area contributed by atoms with E-state index in [4.69, 9.17) is 4.74 Å². The van der Waals surface area contributed by atoms with Crippen LogP contribution in [0.15, 0.2) is 48.5 Å². The van der Waals surface area contributed by atoms with Crippen molar-refractivity contribution >= 4 is 11.6 Å². The van der Waals surface area contributed by atoms with Gasteiger partial charge in [0.15, 0.2) is 0 Å². The molecule has 1 N–H and O–H groups in total. The number of rotatable bonds is 7. The molecule has 0 atom stereocenters. The first-order chi connectivity index (χ1) is 11.1. The predicted octanol–water partition coefficient (Wildman–Crippen LogP) is 2.93. The molecule has 0 spiro atoms. The van der Waals surface area contributed by atoms with E-state index in [1.165, 1.54) is 11.1 Å². The van der Waals surface area contributed by atoms with Crippen LogP contribution < -0.4 is 15.0 Å². The summed E-state index contributed by atoms with van der Waals surface area (Å²) in [6.45, 7) is 5.44. The number of ether oxygens (including phenoxy) is 1. The van der Waals surface area contributed by atoms with E-state index in [2.05, 4.69) is 25.2 Å². The quantitative estimate of drug-likeness (QED) is 0.799. The van der Waals surface area contributed by atoms with Crippen molar-refractivity contribution in [1.29, 1.82) is 0 Å². The Bertz CT molecular complexity index is 641. The molecule has 0 bridgehead atoms. The van der Waals surface area contributed by atoms with Crippen LogP contribution >= 0.6 is 0 Å². The lowest BCUT2D eigenvalue weighted by Gasteiger charge is -2.21. The number of para-hydroxylation sites is 1. The highest BCUT2D eigenvalue weighted by molar-refractivity contribution is 5.81. The zero-order chi connectivity index (χ0) is 16.7. The number of carbonyl (C=O) groups excluding carboxylic acids is 1. The average molecular weight is 312 g/mol. The Labute approximate surface area is 138 Å². The molecule has 0 aliphatic carbocycles. The Morgan fingerprint density at radius 3 is 2.57 bits per heavy atom. The topological polar surface area (TPSA) is 41.6 Å². The highest BCUT2D eigenvalue weighted by Gasteiger charge is 2.10. The third kappa shape index (κ3) is 5.02. The second kappa shape index (κ2) is 8.22. The molecule has 122 valence electrons. The number of hydrogen-bond acceptors (Lipinski definition) is 3. The Morgan fingerprint density at radius 1 is 1.09 bits per heavy atom. The molecule has 23 heavy (non-hydrogen) atoms. The molecular weight excluding hydrogens is 288 g/mol. The summed E-state index contributed by atoms with van der Waals surface area (Å²) in [6.07, 6.45) is 0. The van der Waals surface area contributed by atoms with Gasteiger partial charge in [-0.05, 0) is 43.2 Å². The van der Waals surface area contributed by atoms with Crippen LogP contribution in [0.25, 0.3) is 0 Å². The largest absolute Gasteiger partial charge is 0.492 e. The van der Waals surface area contributed by atoms with E-state index in [-0.39, 0.29) is 5.91 Å². The van der Waals surface area contributed by atoms with E-state index >= 15 is 0 Å². The Kier molecular flexibility index (Phi) is 6.03. The highest BCUT2D eigenvalue weighted by Crippen LogP contribution is 2.21. The van der Waals surface area contributed by atoms with Gasteiger partial charge in [0.05, 0.1) is 13.1 Å². The molecule has 0 unspecified atom stereocenters. The molecule has 4 heteroatoms. The molecule has 0 heterocycles. The van der Waals surface area contributed by atoms with Crippen LogP contribution in [0.3, 0.4) is 0 Å². The Hall–Kier alpha value is -2.49. The summed E-state index contributed by atoms with van der Waals surface area (Å²) in [6, 6.07) is 15.7. The average Bonchev–Trinajstić information content (AvgIpc) is 2.55. The van der Waals surface area contributed by atoms with Crippen LogP contribution in [0.2, 0.25) is 0 Å².